The molecule has 0 saturated heterocycles. The number of nitrogens with zero attached hydrogens (tertiary/aromatic N) is 1. The van der Waals surface area contributed by atoms with Crippen LogP contribution in [0.4, 0.5) is 0 Å². The molecule has 0 N–H and O–H groups in total. The third-order valence-corrected chi connectivity index (χ3v) is 6.06. The lowest BCUT2D eigenvalue weighted by molar-refractivity contribution is 0.669. The van der Waals surface area contributed by atoms with E-state index in [1.54, 1.807) is 0 Å². The molecule has 1 aliphatic carbocycles. The van der Waals surface area contributed by atoms with Crippen molar-refractivity contribution in [2.24, 2.45) is 0 Å². The Morgan fingerprint density at radius 3 is 2.59 bits per heavy atom. The van der Waals surface area contributed by atoms with E-state index in [4.69, 9.17) is 4.42 Å². The summed E-state index contributed by atoms with van der Waals surface area (Å²) in [4.78, 5) is 0. The third kappa shape index (κ3) is 2.35. The number of rotatable bonds is 2. The summed E-state index contributed by atoms with van der Waals surface area (Å²) in [5.41, 5.74) is 9.23. The second-order valence-corrected chi connectivity index (χ2v) is 7.93. The van der Waals surface area contributed by atoms with Crippen LogP contribution in [0.5, 0.6) is 0 Å². The number of para-hydroxylation sites is 1. The Hall–Kier alpha value is -3.52. The molecule has 0 fully saturated rings. The van der Waals surface area contributed by atoms with Crippen LogP contribution in [0.1, 0.15) is 30.2 Å². The SMILES string of the molecule is C=C(C)c1ccc2oc3ccc(-n4c5c(c6ccccc64)CCC=C5)cc3c2c1. The van der Waals surface area contributed by atoms with Crippen LogP contribution in [-0.4, -0.2) is 4.57 Å². The average molecular weight is 375 g/mol. The number of hydrogen-bond donors (Lipinski definition) is 0. The molecule has 0 unspecified atom stereocenters. The van der Waals surface area contributed by atoms with E-state index in [2.05, 4.69) is 84.0 Å². The van der Waals surface area contributed by atoms with Gasteiger partial charge in [-0.25, -0.2) is 0 Å². The fraction of sp³-hybridized carbons (Fsp3) is 0.111. The van der Waals surface area contributed by atoms with Gasteiger partial charge in [0.2, 0.25) is 0 Å². The molecule has 2 heteroatoms. The van der Waals surface area contributed by atoms with Gasteiger partial charge in [0.25, 0.3) is 0 Å². The molecule has 0 radical (unpaired) electrons. The Morgan fingerprint density at radius 2 is 1.72 bits per heavy atom. The molecule has 0 atom stereocenters. The first-order valence-corrected chi connectivity index (χ1v) is 10.1. The first-order valence-electron chi connectivity index (χ1n) is 10.1. The molecule has 140 valence electrons. The van der Waals surface area contributed by atoms with E-state index in [9.17, 15) is 0 Å². The van der Waals surface area contributed by atoms with Crippen LogP contribution in [0.15, 0.2) is 77.7 Å². The first-order chi connectivity index (χ1) is 14.2. The summed E-state index contributed by atoms with van der Waals surface area (Å²) in [6.45, 7) is 6.14. The largest absolute Gasteiger partial charge is 0.456 e. The van der Waals surface area contributed by atoms with Gasteiger partial charge in [-0.15, -0.1) is 0 Å². The van der Waals surface area contributed by atoms with Crippen molar-refractivity contribution in [2.45, 2.75) is 19.8 Å². The van der Waals surface area contributed by atoms with Crippen molar-refractivity contribution in [3.05, 3.63) is 90.1 Å². The molecule has 2 nitrogen and oxygen atoms in total. The molecule has 3 aromatic carbocycles. The smallest absolute Gasteiger partial charge is 0.135 e. The van der Waals surface area contributed by atoms with Crippen LogP contribution in [-0.2, 0) is 6.42 Å². The van der Waals surface area contributed by atoms with Crippen LogP contribution in [0.25, 0.3) is 50.2 Å². The van der Waals surface area contributed by atoms with Gasteiger partial charge in [0.15, 0.2) is 0 Å². The molecule has 5 aromatic rings. The van der Waals surface area contributed by atoms with E-state index in [1.165, 1.54) is 27.8 Å². The Bertz CT molecular complexity index is 1480. The molecule has 1 aliphatic rings. The minimum absolute atomic E-state index is 0.918. The highest BCUT2D eigenvalue weighted by atomic mass is 16.3. The highest BCUT2D eigenvalue weighted by Gasteiger charge is 2.19. The molecule has 0 amide bonds. The second kappa shape index (κ2) is 5.99. The zero-order chi connectivity index (χ0) is 19.5. The predicted molar refractivity (Wildman–Crippen MR) is 123 cm³/mol. The first kappa shape index (κ1) is 16.4. The molecule has 0 saturated carbocycles. The lowest BCUT2D eigenvalue weighted by Crippen LogP contribution is -2.00. The van der Waals surface area contributed by atoms with Crippen LogP contribution in [0.2, 0.25) is 0 Å². The molecule has 2 heterocycles. The van der Waals surface area contributed by atoms with Gasteiger partial charge in [0.05, 0.1) is 5.52 Å². The standard InChI is InChI=1S/C27H21NO/c1-17(2)18-11-13-26-22(15-18)23-16-19(12-14-27(23)29-26)28-24-9-5-3-7-20(24)21-8-4-6-10-25(21)28/h3,5-7,9-16H,1,4,8H2,2H3. The van der Waals surface area contributed by atoms with E-state index < -0.39 is 0 Å². The Kier molecular flexibility index (Phi) is 3.39. The Morgan fingerprint density at radius 1 is 0.931 bits per heavy atom. The predicted octanol–water partition coefficient (Wildman–Crippen LogP) is 7.52. The number of furan rings is 1. The maximum Gasteiger partial charge on any atom is 0.135 e. The number of aryl methyl sites for hydroxylation is 1. The van der Waals surface area contributed by atoms with Crippen LogP contribution >= 0.6 is 0 Å². The van der Waals surface area contributed by atoms with Crippen LogP contribution in [0.3, 0.4) is 0 Å². The van der Waals surface area contributed by atoms with Crippen molar-refractivity contribution < 1.29 is 4.42 Å². The molecular formula is C27H21NO. The summed E-state index contributed by atoms with van der Waals surface area (Å²) in [6, 6.07) is 21.6. The zero-order valence-corrected chi connectivity index (χ0v) is 16.4. The molecule has 0 aliphatic heterocycles. The van der Waals surface area contributed by atoms with Crippen LogP contribution in [0, 0.1) is 0 Å². The summed E-state index contributed by atoms with van der Waals surface area (Å²) in [5, 5.41) is 3.64. The van der Waals surface area contributed by atoms with Gasteiger partial charge >= 0.3 is 0 Å². The van der Waals surface area contributed by atoms with E-state index in [0.29, 0.717) is 0 Å². The third-order valence-electron chi connectivity index (χ3n) is 6.06. The molecule has 0 bridgehead atoms. The van der Waals surface area contributed by atoms with Gasteiger partial charge in [0, 0.05) is 27.5 Å². The molecule has 0 spiro atoms. The quantitative estimate of drug-likeness (QED) is 0.312. The average Bonchev–Trinajstić information content (AvgIpc) is 3.28. The maximum absolute atomic E-state index is 6.11. The van der Waals surface area contributed by atoms with Gasteiger partial charge in [-0.2, -0.15) is 0 Å². The fourth-order valence-corrected chi connectivity index (χ4v) is 4.64. The number of allylic oxidation sites excluding steroid dienone is 2. The zero-order valence-electron chi connectivity index (χ0n) is 16.4. The van der Waals surface area contributed by atoms with E-state index in [0.717, 1.165) is 45.9 Å². The van der Waals surface area contributed by atoms with Crippen molar-refractivity contribution in [2.75, 3.05) is 0 Å². The Balaban J connectivity index is 1.67. The summed E-state index contributed by atoms with van der Waals surface area (Å²) in [7, 11) is 0. The number of benzene rings is 3. The molecular weight excluding hydrogens is 354 g/mol. The van der Waals surface area contributed by atoms with Crippen molar-refractivity contribution in [3.8, 4) is 5.69 Å². The van der Waals surface area contributed by atoms with E-state index in [-0.39, 0.29) is 0 Å². The molecule has 29 heavy (non-hydrogen) atoms. The van der Waals surface area contributed by atoms with E-state index in [1.807, 2.05) is 6.92 Å². The number of fused-ring (bicyclic) bond motifs is 6. The normalized spacial score (nSPS) is 13.4. The Labute approximate surface area is 169 Å². The summed E-state index contributed by atoms with van der Waals surface area (Å²) < 4.78 is 8.50. The lowest BCUT2D eigenvalue weighted by atomic mass is 10.0. The lowest BCUT2D eigenvalue weighted by Gasteiger charge is -2.12. The van der Waals surface area contributed by atoms with Gasteiger partial charge in [-0.1, -0.05) is 42.5 Å². The minimum Gasteiger partial charge on any atom is -0.456 e. The molecule has 2 aromatic heterocycles. The highest BCUT2D eigenvalue weighted by Crippen LogP contribution is 2.36. The second-order valence-electron chi connectivity index (χ2n) is 7.93. The summed E-state index contributed by atoms with van der Waals surface area (Å²) in [5.74, 6) is 0. The van der Waals surface area contributed by atoms with Gasteiger partial charge < -0.3 is 8.98 Å². The van der Waals surface area contributed by atoms with Gasteiger partial charge in [-0.05, 0) is 73.4 Å². The topological polar surface area (TPSA) is 18.1 Å². The van der Waals surface area contributed by atoms with Crippen molar-refractivity contribution >= 4 is 44.5 Å². The number of hydrogen-bond acceptors (Lipinski definition) is 1. The summed E-state index contributed by atoms with van der Waals surface area (Å²) >= 11 is 0. The fourth-order valence-electron chi connectivity index (χ4n) is 4.64. The van der Waals surface area contributed by atoms with Gasteiger partial charge in [-0.3, -0.25) is 0 Å². The van der Waals surface area contributed by atoms with E-state index >= 15 is 0 Å². The number of aromatic nitrogens is 1. The maximum atomic E-state index is 6.11. The van der Waals surface area contributed by atoms with Crippen molar-refractivity contribution in [1.82, 2.24) is 4.57 Å². The van der Waals surface area contributed by atoms with Crippen molar-refractivity contribution in [1.29, 1.82) is 0 Å². The molecule has 6 rings (SSSR count). The van der Waals surface area contributed by atoms with Crippen molar-refractivity contribution in [3.63, 3.8) is 0 Å². The van der Waals surface area contributed by atoms with Gasteiger partial charge in [0.1, 0.15) is 11.2 Å². The summed E-state index contributed by atoms with van der Waals surface area (Å²) in [6.07, 6.45) is 6.76. The highest BCUT2D eigenvalue weighted by molar-refractivity contribution is 6.06. The minimum atomic E-state index is 0.918. The monoisotopic (exact) mass is 375 g/mol. The van der Waals surface area contributed by atoms with Crippen LogP contribution < -0.4 is 0 Å².